The molecule has 0 bridgehead atoms. The van der Waals surface area contributed by atoms with Gasteiger partial charge in [-0.25, -0.2) is 0 Å². The fourth-order valence-electron chi connectivity index (χ4n) is 2.23. The van der Waals surface area contributed by atoms with E-state index in [1.807, 2.05) is 37.4 Å². The summed E-state index contributed by atoms with van der Waals surface area (Å²) in [7, 11) is 1.99. The molecule has 0 aromatic heterocycles. The zero-order chi connectivity index (χ0) is 17.5. The third-order valence-corrected chi connectivity index (χ3v) is 3.88. The zero-order valence-corrected chi connectivity index (χ0v) is 14.0. The average Bonchev–Trinajstić information content (AvgIpc) is 2.59. The first kappa shape index (κ1) is 17.7. The summed E-state index contributed by atoms with van der Waals surface area (Å²) in [6.45, 7) is 1.26. The number of nitro benzene ring substituents is 1. The molecule has 0 heterocycles. The predicted octanol–water partition coefficient (Wildman–Crippen LogP) is 3.50. The van der Waals surface area contributed by atoms with Crippen molar-refractivity contribution in [1.29, 1.82) is 0 Å². The van der Waals surface area contributed by atoms with Gasteiger partial charge in [0.25, 0.3) is 11.6 Å². The van der Waals surface area contributed by atoms with E-state index in [1.165, 1.54) is 18.2 Å². The van der Waals surface area contributed by atoms with E-state index in [1.54, 1.807) is 0 Å². The number of hydrogen-bond acceptors (Lipinski definition) is 4. The molecule has 0 atom stereocenters. The van der Waals surface area contributed by atoms with Crippen molar-refractivity contribution in [1.82, 2.24) is 5.32 Å². The lowest BCUT2D eigenvalue weighted by atomic mass is 10.2. The summed E-state index contributed by atoms with van der Waals surface area (Å²) < 4.78 is 0. The first-order valence-corrected chi connectivity index (χ1v) is 7.85. The Bertz CT molecular complexity index is 722. The molecule has 2 rings (SSSR count). The third-order valence-electron chi connectivity index (χ3n) is 3.56. The minimum absolute atomic E-state index is 0.0148. The SMILES string of the molecule is CN(CCCNC(=O)c1ccc(Cl)c([N+](=O)[O-])c1)c1ccccc1. The van der Waals surface area contributed by atoms with Gasteiger partial charge in [0.15, 0.2) is 0 Å². The van der Waals surface area contributed by atoms with Gasteiger partial charge in [0.05, 0.1) is 4.92 Å². The molecule has 6 nitrogen and oxygen atoms in total. The maximum Gasteiger partial charge on any atom is 0.288 e. The van der Waals surface area contributed by atoms with Crippen LogP contribution in [0.2, 0.25) is 5.02 Å². The molecule has 0 saturated heterocycles. The van der Waals surface area contributed by atoms with E-state index >= 15 is 0 Å². The summed E-state index contributed by atoms with van der Waals surface area (Å²) in [5.41, 5.74) is 1.06. The average molecular weight is 348 g/mol. The van der Waals surface area contributed by atoms with Gasteiger partial charge in [-0.15, -0.1) is 0 Å². The van der Waals surface area contributed by atoms with Crippen molar-refractivity contribution in [2.45, 2.75) is 6.42 Å². The molecule has 7 heteroatoms. The molecule has 0 aliphatic carbocycles. The van der Waals surface area contributed by atoms with Crippen molar-refractivity contribution in [2.24, 2.45) is 0 Å². The number of benzene rings is 2. The van der Waals surface area contributed by atoms with Crippen LogP contribution in [0.25, 0.3) is 0 Å². The van der Waals surface area contributed by atoms with Gasteiger partial charge in [-0.2, -0.15) is 0 Å². The lowest BCUT2D eigenvalue weighted by Crippen LogP contribution is -2.28. The molecule has 0 unspecified atom stereocenters. The number of nitrogens with one attached hydrogen (secondary N) is 1. The van der Waals surface area contributed by atoms with Gasteiger partial charge < -0.3 is 10.2 Å². The second-order valence-electron chi connectivity index (χ2n) is 5.29. The summed E-state index contributed by atoms with van der Waals surface area (Å²) in [5.74, 6) is -0.350. The maximum atomic E-state index is 12.1. The first-order chi connectivity index (χ1) is 11.5. The zero-order valence-electron chi connectivity index (χ0n) is 13.2. The number of rotatable bonds is 7. The van der Waals surface area contributed by atoms with E-state index in [9.17, 15) is 14.9 Å². The largest absolute Gasteiger partial charge is 0.375 e. The molecule has 1 amide bonds. The number of hydrogen-bond donors (Lipinski definition) is 1. The Balaban J connectivity index is 1.83. The number of amides is 1. The van der Waals surface area contributed by atoms with Gasteiger partial charge in [-0.05, 0) is 30.7 Å². The highest BCUT2D eigenvalue weighted by Gasteiger charge is 2.16. The number of carbonyl (C=O) groups excluding carboxylic acids is 1. The Morgan fingerprint density at radius 1 is 1.25 bits per heavy atom. The quantitative estimate of drug-likeness (QED) is 0.472. The van der Waals surface area contributed by atoms with Gasteiger partial charge in [-0.3, -0.25) is 14.9 Å². The second kappa shape index (κ2) is 8.31. The molecule has 0 radical (unpaired) electrons. The van der Waals surface area contributed by atoms with Crippen LogP contribution in [0.5, 0.6) is 0 Å². The molecule has 0 aliphatic rings. The lowest BCUT2D eigenvalue weighted by Gasteiger charge is -2.19. The molecule has 2 aromatic carbocycles. The van der Waals surface area contributed by atoms with Gasteiger partial charge in [0.2, 0.25) is 0 Å². The molecule has 0 fully saturated rings. The number of halogens is 1. The van der Waals surface area contributed by atoms with E-state index < -0.39 is 4.92 Å². The van der Waals surface area contributed by atoms with Crippen molar-refractivity contribution in [3.05, 3.63) is 69.2 Å². The van der Waals surface area contributed by atoms with Gasteiger partial charge in [0, 0.05) is 37.5 Å². The first-order valence-electron chi connectivity index (χ1n) is 7.47. The van der Waals surface area contributed by atoms with E-state index in [2.05, 4.69) is 10.2 Å². The normalized spacial score (nSPS) is 10.2. The Labute approximate surface area is 145 Å². The van der Waals surface area contributed by atoms with Crippen LogP contribution < -0.4 is 10.2 Å². The van der Waals surface area contributed by atoms with E-state index in [-0.39, 0.29) is 22.2 Å². The molecule has 0 aliphatic heterocycles. The molecule has 126 valence electrons. The number of para-hydroxylation sites is 1. The summed E-state index contributed by atoms with van der Waals surface area (Å²) >= 11 is 5.74. The van der Waals surface area contributed by atoms with Crippen molar-refractivity contribution in [3.8, 4) is 0 Å². The Kier molecular flexibility index (Phi) is 6.14. The highest BCUT2D eigenvalue weighted by molar-refractivity contribution is 6.32. The highest BCUT2D eigenvalue weighted by Crippen LogP contribution is 2.24. The van der Waals surface area contributed by atoms with Gasteiger partial charge in [-0.1, -0.05) is 29.8 Å². The minimum Gasteiger partial charge on any atom is -0.375 e. The van der Waals surface area contributed by atoms with Crippen molar-refractivity contribution < 1.29 is 9.72 Å². The smallest absolute Gasteiger partial charge is 0.288 e. The van der Waals surface area contributed by atoms with Crippen LogP contribution in [-0.2, 0) is 0 Å². The molecule has 2 aromatic rings. The molecule has 24 heavy (non-hydrogen) atoms. The maximum absolute atomic E-state index is 12.1. The number of nitro groups is 1. The fourth-order valence-corrected chi connectivity index (χ4v) is 2.41. The number of anilines is 1. The highest BCUT2D eigenvalue weighted by atomic mass is 35.5. The second-order valence-corrected chi connectivity index (χ2v) is 5.70. The van der Waals surface area contributed by atoms with Crippen molar-refractivity contribution in [3.63, 3.8) is 0 Å². The van der Waals surface area contributed by atoms with Crippen LogP contribution in [0.1, 0.15) is 16.8 Å². The molecule has 1 N–H and O–H groups in total. The van der Waals surface area contributed by atoms with E-state index in [0.29, 0.717) is 6.54 Å². The van der Waals surface area contributed by atoms with Crippen LogP contribution in [-0.4, -0.2) is 31.0 Å². The predicted molar refractivity (Wildman–Crippen MR) is 94.8 cm³/mol. The number of carbonyl (C=O) groups is 1. The van der Waals surface area contributed by atoms with E-state index in [0.717, 1.165) is 18.7 Å². The van der Waals surface area contributed by atoms with E-state index in [4.69, 9.17) is 11.6 Å². The Morgan fingerprint density at radius 2 is 1.96 bits per heavy atom. The van der Waals surface area contributed by atoms with Crippen LogP contribution in [0.3, 0.4) is 0 Å². The minimum atomic E-state index is -0.603. The van der Waals surface area contributed by atoms with Crippen molar-refractivity contribution >= 4 is 28.9 Å². The van der Waals surface area contributed by atoms with Crippen LogP contribution in [0, 0.1) is 10.1 Å². The number of nitrogens with zero attached hydrogens (tertiary/aromatic N) is 2. The topological polar surface area (TPSA) is 75.5 Å². The Hall–Kier alpha value is -2.60. The third kappa shape index (κ3) is 4.70. The Morgan fingerprint density at radius 3 is 2.62 bits per heavy atom. The summed E-state index contributed by atoms with van der Waals surface area (Å²) in [5, 5.41) is 13.6. The van der Waals surface area contributed by atoms with Crippen molar-refractivity contribution in [2.75, 3.05) is 25.0 Å². The monoisotopic (exact) mass is 347 g/mol. The molecular weight excluding hydrogens is 330 g/mol. The molecule has 0 spiro atoms. The molecular formula is C17H18ClN3O3. The fraction of sp³-hybridized carbons (Fsp3) is 0.235. The van der Waals surface area contributed by atoms with Gasteiger partial charge >= 0.3 is 0 Å². The lowest BCUT2D eigenvalue weighted by molar-refractivity contribution is -0.384. The summed E-state index contributed by atoms with van der Waals surface area (Å²) in [6.07, 6.45) is 0.757. The summed E-state index contributed by atoms with van der Waals surface area (Å²) in [6, 6.07) is 14.0. The van der Waals surface area contributed by atoms with Crippen LogP contribution in [0.4, 0.5) is 11.4 Å². The van der Waals surface area contributed by atoms with Crippen LogP contribution in [0.15, 0.2) is 48.5 Å². The standard InChI is InChI=1S/C17H18ClN3O3/c1-20(14-6-3-2-4-7-14)11-5-10-19-17(22)13-8-9-15(18)16(12-13)21(23)24/h2-4,6-9,12H,5,10-11H2,1H3,(H,19,22). The molecule has 0 saturated carbocycles. The van der Waals surface area contributed by atoms with Gasteiger partial charge in [0.1, 0.15) is 5.02 Å². The van der Waals surface area contributed by atoms with Crippen LogP contribution >= 0.6 is 11.6 Å². The summed E-state index contributed by atoms with van der Waals surface area (Å²) in [4.78, 5) is 24.4.